The van der Waals surface area contributed by atoms with Gasteiger partial charge < -0.3 is 24.0 Å². The van der Waals surface area contributed by atoms with E-state index in [0.29, 0.717) is 13.2 Å². The highest BCUT2D eigenvalue weighted by Gasteiger charge is 2.31. The first-order valence-corrected chi connectivity index (χ1v) is 7.49. The van der Waals surface area contributed by atoms with Gasteiger partial charge >= 0.3 is 13.6 Å². The van der Waals surface area contributed by atoms with E-state index >= 15 is 0 Å². The van der Waals surface area contributed by atoms with Crippen LogP contribution in [0.5, 0.6) is 0 Å². The second kappa shape index (κ2) is 8.45. The van der Waals surface area contributed by atoms with Gasteiger partial charge in [-0.2, -0.15) is 0 Å². The predicted molar refractivity (Wildman–Crippen MR) is 68.4 cm³/mol. The number of carbonyl (C=O) groups excluding carboxylic acids is 1. The molecular formula is C11H21O7P. The van der Waals surface area contributed by atoms with E-state index in [4.69, 9.17) is 24.0 Å². The van der Waals surface area contributed by atoms with E-state index in [9.17, 15) is 9.36 Å². The third kappa shape index (κ3) is 6.84. The Morgan fingerprint density at radius 2 is 1.63 bits per heavy atom. The molecule has 0 aromatic heterocycles. The molecule has 7 nitrogen and oxygen atoms in total. The molecule has 0 bridgehead atoms. The Bertz CT molecular complexity index is 361. The fourth-order valence-corrected chi connectivity index (χ4v) is 2.23. The zero-order chi connectivity index (χ0) is 15.1. The van der Waals surface area contributed by atoms with E-state index in [1.807, 2.05) is 0 Å². The maximum Gasteiger partial charge on any atom is 0.363 e. The summed E-state index contributed by atoms with van der Waals surface area (Å²) in [5.41, 5.74) is 0.211. The van der Waals surface area contributed by atoms with Crippen molar-refractivity contribution in [3.63, 3.8) is 0 Å². The molecule has 0 amide bonds. The highest BCUT2D eigenvalue weighted by atomic mass is 31.2. The fraction of sp³-hybridized carbons (Fsp3) is 0.727. The van der Waals surface area contributed by atoms with Crippen molar-refractivity contribution in [3.8, 4) is 0 Å². The van der Waals surface area contributed by atoms with Crippen molar-refractivity contribution in [3.05, 3.63) is 10.9 Å². The SMILES string of the molecule is CCOC(COC(=O)C(=C(C)C)P(=O)(O)O)OCC. The minimum Gasteiger partial charge on any atom is -0.456 e. The van der Waals surface area contributed by atoms with Crippen LogP contribution < -0.4 is 0 Å². The van der Waals surface area contributed by atoms with Crippen LogP contribution in [-0.2, 0) is 23.6 Å². The van der Waals surface area contributed by atoms with Gasteiger partial charge in [0.2, 0.25) is 0 Å². The molecule has 0 unspecified atom stereocenters. The van der Waals surface area contributed by atoms with Crippen LogP contribution in [0.4, 0.5) is 0 Å². The second-order valence-electron chi connectivity index (χ2n) is 3.83. The summed E-state index contributed by atoms with van der Waals surface area (Å²) < 4.78 is 26.3. The van der Waals surface area contributed by atoms with Gasteiger partial charge in [0.1, 0.15) is 11.9 Å². The van der Waals surface area contributed by atoms with E-state index in [-0.39, 0.29) is 12.2 Å². The van der Waals surface area contributed by atoms with Gasteiger partial charge in [-0.05, 0) is 27.7 Å². The van der Waals surface area contributed by atoms with Gasteiger partial charge in [-0.1, -0.05) is 5.57 Å². The molecule has 112 valence electrons. The topological polar surface area (TPSA) is 102 Å². The van der Waals surface area contributed by atoms with Gasteiger partial charge in [0.15, 0.2) is 6.29 Å². The van der Waals surface area contributed by atoms with E-state index in [1.165, 1.54) is 13.8 Å². The monoisotopic (exact) mass is 296 g/mol. The molecule has 0 radical (unpaired) electrons. The largest absolute Gasteiger partial charge is 0.456 e. The number of esters is 1. The zero-order valence-electron chi connectivity index (χ0n) is 11.6. The van der Waals surface area contributed by atoms with Crippen LogP contribution in [0.1, 0.15) is 27.7 Å². The normalized spacial score (nSPS) is 11.5. The first-order chi connectivity index (χ1) is 8.73. The summed E-state index contributed by atoms with van der Waals surface area (Å²) in [6.07, 6.45) is -0.742. The third-order valence-corrected chi connectivity index (χ3v) is 3.23. The Kier molecular flexibility index (Phi) is 8.13. The van der Waals surface area contributed by atoms with Crippen LogP contribution in [0.15, 0.2) is 10.9 Å². The number of ether oxygens (including phenoxy) is 3. The van der Waals surface area contributed by atoms with Crippen molar-refractivity contribution in [1.82, 2.24) is 0 Å². The number of carbonyl (C=O) groups is 1. The fourth-order valence-electron chi connectivity index (χ4n) is 1.34. The van der Waals surface area contributed by atoms with Crippen molar-refractivity contribution in [2.24, 2.45) is 0 Å². The van der Waals surface area contributed by atoms with Crippen LogP contribution in [0.2, 0.25) is 0 Å². The molecule has 0 aliphatic heterocycles. The lowest BCUT2D eigenvalue weighted by Gasteiger charge is -2.18. The molecule has 2 N–H and O–H groups in total. The molecule has 0 atom stereocenters. The molecule has 0 rings (SSSR count). The standard InChI is InChI=1S/C11H21O7P/c1-5-16-9(17-6-2)7-18-11(12)10(8(3)4)19(13,14)15/h9H,5-7H2,1-4H3,(H2,13,14,15). The molecule has 0 spiro atoms. The van der Waals surface area contributed by atoms with Gasteiger partial charge in [0, 0.05) is 13.2 Å². The lowest BCUT2D eigenvalue weighted by molar-refractivity contribution is -0.176. The van der Waals surface area contributed by atoms with Crippen molar-refractivity contribution >= 4 is 13.6 Å². The molecular weight excluding hydrogens is 275 g/mol. The van der Waals surface area contributed by atoms with Crippen LogP contribution >= 0.6 is 7.60 Å². The minimum atomic E-state index is -4.66. The lowest BCUT2D eigenvalue weighted by Crippen LogP contribution is -2.26. The van der Waals surface area contributed by atoms with E-state index < -0.39 is 25.2 Å². The molecule has 0 heterocycles. The van der Waals surface area contributed by atoms with Crippen molar-refractivity contribution in [2.45, 2.75) is 34.0 Å². The second-order valence-corrected chi connectivity index (χ2v) is 5.37. The highest BCUT2D eigenvalue weighted by molar-refractivity contribution is 7.58. The van der Waals surface area contributed by atoms with E-state index in [2.05, 4.69) is 0 Å². The zero-order valence-corrected chi connectivity index (χ0v) is 12.5. The van der Waals surface area contributed by atoms with E-state index in [1.54, 1.807) is 13.8 Å². The van der Waals surface area contributed by atoms with E-state index in [0.717, 1.165) is 0 Å². The summed E-state index contributed by atoms with van der Waals surface area (Å²) in [6.45, 7) is 6.89. The smallest absolute Gasteiger partial charge is 0.363 e. The number of rotatable bonds is 8. The molecule has 0 aliphatic carbocycles. The van der Waals surface area contributed by atoms with Crippen molar-refractivity contribution < 1.29 is 33.4 Å². The average molecular weight is 296 g/mol. The van der Waals surface area contributed by atoms with Crippen LogP contribution in [-0.4, -0.2) is 41.9 Å². The van der Waals surface area contributed by atoms with Gasteiger partial charge in [0.25, 0.3) is 0 Å². The van der Waals surface area contributed by atoms with Crippen LogP contribution in [0, 0.1) is 0 Å². The summed E-state index contributed by atoms with van der Waals surface area (Å²) >= 11 is 0. The lowest BCUT2D eigenvalue weighted by atomic mass is 10.3. The Labute approximate surface area is 112 Å². The van der Waals surface area contributed by atoms with Gasteiger partial charge in [-0.25, -0.2) is 4.79 Å². The predicted octanol–water partition coefficient (Wildman–Crippen LogP) is 1.40. The summed E-state index contributed by atoms with van der Waals surface area (Å²) in [7, 11) is -4.66. The minimum absolute atomic E-state index is 0.211. The Morgan fingerprint density at radius 3 is 1.95 bits per heavy atom. The van der Waals surface area contributed by atoms with Crippen molar-refractivity contribution in [2.75, 3.05) is 19.8 Å². The molecule has 0 aromatic rings. The Hall–Kier alpha value is -0.720. The summed E-state index contributed by atoms with van der Waals surface area (Å²) in [4.78, 5) is 29.8. The van der Waals surface area contributed by atoms with Gasteiger partial charge in [0.05, 0.1) is 0 Å². The Balaban J connectivity index is 4.68. The number of hydrogen-bond acceptors (Lipinski definition) is 5. The maximum absolute atomic E-state index is 11.7. The quantitative estimate of drug-likeness (QED) is 0.302. The molecule has 0 saturated carbocycles. The number of hydrogen-bond donors (Lipinski definition) is 2. The van der Waals surface area contributed by atoms with Gasteiger partial charge in [-0.3, -0.25) is 4.57 Å². The molecule has 0 aromatic carbocycles. The molecule has 0 saturated heterocycles. The third-order valence-electron chi connectivity index (χ3n) is 2.01. The first-order valence-electron chi connectivity index (χ1n) is 5.87. The summed E-state index contributed by atoms with van der Waals surface area (Å²) in [5, 5.41) is -0.626. The number of allylic oxidation sites excluding steroid dienone is 1. The maximum atomic E-state index is 11.7. The highest BCUT2D eigenvalue weighted by Crippen LogP contribution is 2.47. The van der Waals surface area contributed by atoms with Crippen LogP contribution in [0.3, 0.4) is 0 Å². The molecule has 0 fully saturated rings. The summed E-state index contributed by atoms with van der Waals surface area (Å²) in [5.74, 6) is -1.06. The van der Waals surface area contributed by atoms with Crippen molar-refractivity contribution in [1.29, 1.82) is 0 Å². The average Bonchev–Trinajstić information content (AvgIpc) is 2.24. The van der Waals surface area contributed by atoms with Gasteiger partial charge in [-0.15, -0.1) is 0 Å². The Morgan fingerprint density at radius 1 is 1.16 bits per heavy atom. The molecule has 0 aliphatic rings. The first kappa shape index (κ1) is 18.3. The molecule has 8 heteroatoms. The molecule has 19 heavy (non-hydrogen) atoms. The van der Waals surface area contributed by atoms with Crippen LogP contribution in [0.25, 0.3) is 0 Å². The summed E-state index contributed by atoms with van der Waals surface area (Å²) in [6, 6.07) is 0.